The Bertz CT molecular complexity index is 908. The molecule has 3 heterocycles. The third kappa shape index (κ3) is 7.35. The molecule has 2 unspecified atom stereocenters. The maximum Gasteiger partial charge on any atom is 0.278 e. The molecule has 2 saturated heterocycles. The molecule has 0 aliphatic carbocycles. The van der Waals surface area contributed by atoms with Gasteiger partial charge in [-0.25, -0.2) is 20.3 Å². The van der Waals surface area contributed by atoms with E-state index < -0.39 is 0 Å². The topological polar surface area (TPSA) is 88.6 Å². The fourth-order valence-electron chi connectivity index (χ4n) is 4.16. The molecule has 2 aliphatic heterocycles. The molecule has 0 saturated carbocycles. The van der Waals surface area contributed by atoms with Gasteiger partial charge in [0.05, 0.1) is 5.56 Å². The van der Waals surface area contributed by atoms with Crippen molar-refractivity contribution in [1.82, 2.24) is 20.8 Å². The lowest BCUT2D eigenvalue weighted by molar-refractivity contribution is -0.186. The van der Waals surface area contributed by atoms with Gasteiger partial charge in [0, 0.05) is 44.6 Å². The maximum absolute atomic E-state index is 12.3. The van der Waals surface area contributed by atoms with Gasteiger partial charge < -0.3 is 15.0 Å². The van der Waals surface area contributed by atoms with Gasteiger partial charge in [-0.1, -0.05) is 42.5 Å². The summed E-state index contributed by atoms with van der Waals surface area (Å²) in [5.74, 6) is 0.938. The molecule has 1 aromatic heterocycles. The van der Waals surface area contributed by atoms with Crippen molar-refractivity contribution in [3.05, 3.63) is 59.9 Å². The Kier molecular flexibility index (Phi) is 9.01. The second-order valence-electron chi connectivity index (χ2n) is 9.01. The van der Waals surface area contributed by atoms with E-state index in [4.69, 9.17) is 9.57 Å². The minimum absolute atomic E-state index is 0.328. The van der Waals surface area contributed by atoms with Crippen LogP contribution in [0, 0.1) is 5.92 Å². The van der Waals surface area contributed by atoms with Crippen molar-refractivity contribution >= 4 is 17.9 Å². The summed E-state index contributed by atoms with van der Waals surface area (Å²) in [7, 11) is 0. The van der Waals surface area contributed by atoms with Crippen molar-refractivity contribution in [3.8, 4) is 0 Å². The smallest absolute Gasteiger partial charge is 0.278 e. The van der Waals surface area contributed by atoms with E-state index >= 15 is 0 Å². The molecule has 0 radical (unpaired) electrons. The summed E-state index contributed by atoms with van der Waals surface area (Å²) in [6.07, 6.45) is 12.1. The molecule has 0 spiro atoms. The quantitative estimate of drug-likeness (QED) is 0.547. The van der Waals surface area contributed by atoms with Crippen molar-refractivity contribution in [2.45, 2.75) is 51.4 Å². The molecule has 182 valence electrons. The third-order valence-electron chi connectivity index (χ3n) is 6.32. The first-order chi connectivity index (χ1) is 16.7. The molecule has 1 aromatic carbocycles. The van der Waals surface area contributed by atoms with E-state index in [0.717, 1.165) is 51.7 Å². The van der Waals surface area contributed by atoms with Crippen LogP contribution in [0.5, 0.6) is 0 Å². The third-order valence-corrected chi connectivity index (χ3v) is 6.32. The number of nitrogens with zero attached hydrogens (tertiary/aromatic N) is 3. The van der Waals surface area contributed by atoms with Crippen molar-refractivity contribution in [1.29, 1.82) is 0 Å². The zero-order valence-electron chi connectivity index (χ0n) is 19.9. The highest BCUT2D eigenvalue weighted by molar-refractivity contribution is 5.92. The van der Waals surface area contributed by atoms with Gasteiger partial charge in [-0.05, 0) is 50.6 Å². The van der Waals surface area contributed by atoms with Crippen molar-refractivity contribution in [2.75, 3.05) is 31.1 Å². The molecule has 8 nitrogen and oxygen atoms in total. The van der Waals surface area contributed by atoms with Gasteiger partial charge in [-0.2, -0.15) is 0 Å². The first kappa shape index (κ1) is 24.3. The summed E-state index contributed by atoms with van der Waals surface area (Å²) in [5.41, 5.74) is 4.04. The Labute approximate surface area is 201 Å². The average molecular weight is 466 g/mol. The van der Waals surface area contributed by atoms with E-state index in [1.807, 2.05) is 6.07 Å². The highest BCUT2D eigenvalue weighted by Gasteiger charge is 2.22. The number of hydrogen-bond donors (Lipinski definition) is 2. The van der Waals surface area contributed by atoms with Gasteiger partial charge in [0.15, 0.2) is 6.29 Å². The van der Waals surface area contributed by atoms with Crippen LogP contribution in [0.1, 0.15) is 54.9 Å². The highest BCUT2D eigenvalue weighted by atomic mass is 16.8. The van der Waals surface area contributed by atoms with E-state index in [2.05, 4.69) is 69.0 Å². The van der Waals surface area contributed by atoms with Crippen LogP contribution < -0.4 is 15.7 Å². The predicted octanol–water partition coefficient (Wildman–Crippen LogP) is 3.57. The predicted molar refractivity (Wildman–Crippen MR) is 132 cm³/mol. The van der Waals surface area contributed by atoms with Gasteiger partial charge in [0.25, 0.3) is 5.91 Å². The van der Waals surface area contributed by atoms with Gasteiger partial charge in [-0.15, -0.1) is 0 Å². The monoisotopic (exact) mass is 465 g/mol. The number of aromatic nitrogens is 2. The zero-order chi connectivity index (χ0) is 23.6. The minimum Gasteiger partial charge on any atom is -0.350 e. The number of hydroxylamine groups is 1. The number of anilines is 1. The summed E-state index contributed by atoms with van der Waals surface area (Å²) in [5, 5.41) is 3.63. The Hall–Kier alpha value is -2.81. The number of benzene rings is 1. The van der Waals surface area contributed by atoms with Crippen LogP contribution in [0.2, 0.25) is 0 Å². The molecular formula is C26H35N5O3. The first-order valence-electron chi connectivity index (χ1n) is 12.3. The van der Waals surface area contributed by atoms with Crippen LogP contribution in [-0.2, 0) is 9.57 Å². The number of carbonyl (C=O) groups is 1. The lowest BCUT2D eigenvalue weighted by Gasteiger charge is -2.32. The Morgan fingerprint density at radius 2 is 1.94 bits per heavy atom. The second-order valence-corrected chi connectivity index (χ2v) is 9.01. The largest absolute Gasteiger partial charge is 0.350 e. The van der Waals surface area contributed by atoms with Gasteiger partial charge >= 0.3 is 0 Å². The molecule has 34 heavy (non-hydrogen) atoms. The molecule has 2 fully saturated rings. The molecule has 8 heteroatoms. The summed E-state index contributed by atoms with van der Waals surface area (Å²) >= 11 is 0. The number of hydrogen-bond acceptors (Lipinski definition) is 7. The number of rotatable bonds is 9. The Morgan fingerprint density at radius 1 is 1.18 bits per heavy atom. The molecule has 4 rings (SSSR count). The van der Waals surface area contributed by atoms with E-state index in [0.29, 0.717) is 30.1 Å². The fraction of sp³-hybridized carbons (Fsp3) is 0.500. The standard InChI is InChI=1S/C26H35N5O3/c1-20(10-11-21-7-3-2-4-8-21)27-17-22-12-14-31(15-13-22)26-28-18-23(19-29-26)25(32)30-34-24-9-5-6-16-33-24/h2-4,7-8,10-11,18-20,22,24,27H,5-6,9,12-17H2,1H3,(H,30,32)/b11-10+. The Balaban J connectivity index is 1.16. The summed E-state index contributed by atoms with van der Waals surface area (Å²) in [6.45, 7) is 5.67. The van der Waals surface area contributed by atoms with Crippen molar-refractivity contribution in [2.24, 2.45) is 5.92 Å². The number of nitrogens with one attached hydrogen (secondary N) is 2. The molecule has 0 bridgehead atoms. The highest BCUT2D eigenvalue weighted by Crippen LogP contribution is 2.20. The Morgan fingerprint density at radius 3 is 2.65 bits per heavy atom. The lowest BCUT2D eigenvalue weighted by Crippen LogP contribution is -2.39. The molecular weight excluding hydrogens is 430 g/mol. The van der Waals surface area contributed by atoms with Crippen LogP contribution in [0.4, 0.5) is 5.95 Å². The molecule has 2 N–H and O–H groups in total. The fourth-order valence-corrected chi connectivity index (χ4v) is 4.16. The van der Waals surface area contributed by atoms with Crippen LogP contribution in [0.15, 0.2) is 48.8 Å². The van der Waals surface area contributed by atoms with E-state index in [1.54, 1.807) is 12.4 Å². The molecule has 2 aliphatic rings. The van der Waals surface area contributed by atoms with Crippen molar-refractivity contribution < 1.29 is 14.4 Å². The van der Waals surface area contributed by atoms with E-state index in [-0.39, 0.29) is 12.2 Å². The molecule has 2 atom stereocenters. The summed E-state index contributed by atoms with van der Waals surface area (Å²) < 4.78 is 5.45. The minimum atomic E-state index is -0.378. The van der Waals surface area contributed by atoms with Gasteiger partial charge in [0.1, 0.15) is 0 Å². The van der Waals surface area contributed by atoms with Crippen molar-refractivity contribution in [3.63, 3.8) is 0 Å². The number of amides is 1. The van der Waals surface area contributed by atoms with E-state index in [9.17, 15) is 4.79 Å². The van der Waals surface area contributed by atoms with Crippen LogP contribution in [0.25, 0.3) is 6.08 Å². The number of carbonyl (C=O) groups excluding carboxylic acids is 1. The molecule has 2 aromatic rings. The second kappa shape index (κ2) is 12.6. The summed E-state index contributed by atoms with van der Waals surface area (Å²) in [6, 6.07) is 10.7. The maximum atomic E-state index is 12.3. The van der Waals surface area contributed by atoms with Crippen LogP contribution >= 0.6 is 0 Å². The van der Waals surface area contributed by atoms with E-state index in [1.165, 1.54) is 5.56 Å². The average Bonchev–Trinajstić information content (AvgIpc) is 2.91. The van der Waals surface area contributed by atoms with Gasteiger partial charge in [-0.3, -0.25) is 4.79 Å². The zero-order valence-corrected chi connectivity index (χ0v) is 19.9. The lowest BCUT2D eigenvalue weighted by atomic mass is 9.96. The van der Waals surface area contributed by atoms with Crippen LogP contribution in [-0.4, -0.2) is 54.4 Å². The summed E-state index contributed by atoms with van der Waals surface area (Å²) in [4.78, 5) is 28.6. The van der Waals surface area contributed by atoms with Crippen LogP contribution in [0.3, 0.4) is 0 Å². The normalized spacial score (nSPS) is 20.4. The first-order valence-corrected chi connectivity index (χ1v) is 12.3. The SMILES string of the molecule is CC(/C=C/c1ccccc1)NCC1CCN(c2ncc(C(=O)NOC3CCCCO3)cn2)CC1. The van der Waals surface area contributed by atoms with Gasteiger partial charge in [0.2, 0.25) is 5.95 Å². The number of piperidine rings is 1. The molecule has 1 amide bonds. The number of ether oxygens (including phenoxy) is 1.